The number of piperidine rings is 1. The molecule has 1 aromatic rings. The zero-order valence-corrected chi connectivity index (χ0v) is 12.2. The fraction of sp³-hybridized carbons (Fsp3) is 0.533. The Balaban J connectivity index is 1.92. The average molecular weight is 279 g/mol. The Morgan fingerprint density at radius 3 is 2.79 bits per heavy atom. The van der Waals surface area contributed by atoms with E-state index in [2.05, 4.69) is 4.90 Å². The van der Waals surface area contributed by atoms with E-state index in [1.807, 2.05) is 30.5 Å². The molecule has 1 N–H and O–H groups in total. The zero-order chi connectivity index (χ0) is 13.7. The molecule has 0 spiro atoms. The number of rotatable bonds is 5. The van der Waals surface area contributed by atoms with Gasteiger partial charge >= 0.3 is 0 Å². The highest BCUT2D eigenvalue weighted by atomic mass is 32.2. The number of nitrogens with zero attached hydrogens (tertiary/aromatic N) is 1. The minimum absolute atomic E-state index is 0.172. The molecule has 0 bridgehead atoms. The molecule has 1 saturated heterocycles. The van der Waals surface area contributed by atoms with Crippen molar-refractivity contribution in [1.82, 2.24) is 4.90 Å². The summed E-state index contributed by atoms with van der Waals surface area (Å²) in [5.74, 6) is 0.506. The van der Waals surface area contributed by atoms with Crippen molar-refractivity contribution in [2.45, 2.75) is 17.7 Å². The maximum absolute atomic E-state index is 12.2. The van der Waals surface area contributed by atoms with Crippen LogP contribution in [0, 0.1) is 5.92 Å². The molecule has 1 aromatic carbocycles. The fourth-order valence-electron chi connectivity index (χ4n) is 2.52. The number of carbonyl (C=O) groups excluding carboxylic acids is 1. The second-order valence-corrected chi connectivity index (χ2v) is 5.96. The molecule has 3 nitrogen and oxygen atoms in total. The summed E-state index contributed by atoms with van der Waals surface area (Å²) in [7, 11) is 0. The van der Waals surface area contributed by atoms with Crippen LogP contribution in [0.5, 0.6) is 0 Å². The molecule has 0 saturated carbocycles. The van der Waals surface area contributed by atoms with Crippen LogP contribution in [0.1, 0.15) is 23.2 Å². The van der Waals surface area contributed by atoms with E-state index in [-0.39, 0.29) is 12.4 Å². The quantitative estimate of drug-likeness (QED) is 0.663. The van der Waals surface area contributed by atoms with Gasteiger partial charge in [-0.2, -0.15) is 0 Å². The van der Waals surface area contributed by atoms with Gasteiger partial charge in [0.15, 0.2) is 5.78 Å². The van der Waals surface area contributed by atoms with Crippen LogP contribution in [0.25, 0.3) is 0 Å². The third-order valence-electron chi connectivity index (χ3n) is 3.64. The second-order valence-electron chi connectivity index (χ2n) is 5.08. The molecule has 0 aliphatic carbocycles. The summed E-state index contributed by atoms with van der Waals surface area (Å²) in [6, 6.07) is 7.79. The van der Waals surface area contributed by atoms with Crippen molar-refractivity contribution < 1.29 is 9.90 Å². The lowest BCUT2D eigenvalue weighted by Crippen LogP contribution is -2.39. The maximum atomic E-state index is 12.2. The molecular formula is C15H21NO2S. The molecule has 0 amide bonds. The third-order valence-corrected chi connectivity index (χ3v) is 4.38. The van der Waals surface area contributed by atoms with Gasteiger partial charge in [-0.15, -0.1) is 11.8 Å². The van der Waals surface area contributed by atoms with E-state index < -0.39 is 0 Å². The number of hydrogen-bond donors (Lipinski definition) is 1. The van der Waals surface area contributed by atoms with Gasteiger partial charge in [-0.3, -0.25) is 9.69 Å². The Hall–Kier alpha value is -0.840. The Bertz CT molecular complexity index is 419. The van der Waals surface area contributed by atoms with Crippen molar-refractivity contribution in [1.29, 1.82) is 0 Å². The predicted molar refractivity (Wildman–Crippen MR) is 78.8 cm³/mol. The van der Waals surface area contributed by atoms with Crippen LogP contribution >= 0.6 is 11.8 Å². The monoisotopic (exact) mass is 279 g/mol. The molecule has 19 heavy (non-hydrogen) atoms. The van der Waals surface area contributed by atoms with Gasteiger partial charge in [-0.1, -0.05) is 12.1 Å². The summed E-state index contributed by atoms with van der Waals surface area (Å²) >= 11 is 1.68. The smallest absolute Gasteiger partial charge is 0.176 e. The van der Waals surface area contributed by atoms with Gasteiger partial charge in [-0.05, 0) is 43.7 Å². The van der Waals surface area contributed by atoms with Crippen LogP contribution in [0.15, 0.2) is 29.2 Å². The molecule has 1 aliphatic heterocycles. The van der Waals surface area contributed by atoms with Crippen molar-refractivity contribution in [3.63, 3.8) is 0 Å². The lowest BCUT2D eigenvalue weighted by molar-refractivity contribution is 0.0833. The number of carbonyl (C=O) groups is 1. The SMILES string of the molecule is CSc1ccc(C(=O)CN2CCCC(CO)C2)cc1. The van der Waals surface area contributed by atoms with E-state index in [0.717, 1.165) is 31.5 Å². The van der Waals surface area contributed by atoms with Crippen molar-refractivity contribution in [3.05, 3.63) is 29.8 Å². The highest BCUT2D eigenvalue weighted by molar-refractivity contribution is 7.98. The molecule has 1 aliphatic rings. The third kappa shape index (κ3) is 4.06. The lowest BCUT2D eigenvalue weighted by atomic mass is 9.98. The first kappa shape index (κ1) is 14.6. The topological polar surface area (TPSA) is 40.5 Å². The summed E-state index contributed by atoms with van der Waals surface area (Å²) < 4.78 is 0. The summed E-state index contributed by atoms with van der Waals surface area (Å²) in [5.41, 5.74) is 0.781. The number of Topliss-reactive ketones (excluding diaryl/α,β-unsaturated/α-hetero) is 1. The number of hydrogen-bond acceptors (Lipinski definition) is 4. The number of aliphatic hydroxyl groups is 1. The second kappa shape index (κ2) is 7.08. The molecular weight excluding hydrogens is 258 g/mol. The number of likely N-dealkylation sites (tertiary alicyclic amines) is 1. The van der Waals surface area contributed by atoms with Crippen LogP contribution in [-0.2, 0) is 0 Å². The van der Waals surface area contributed by atoms with Crippen LogP contribution in [0.3, 0.4) is 0 Å². The normalized spacial score (nSPS) is 20.4. The first-order valence-electron chi connectivity index (χ1n) is 6.73. The minimum atomic E-state index is 0.172. The minimum Gasteiger partial charge on any atom is -0.396 e. The van der Waals surface area contributed by atoms with Gasteiger partial charge in [0.2, 0.25) is 0 Å². The van der Waals surface area contributed by atoms with Gasteiger partial charge in [0, 0.05) is 23.6 Å². The van der Waals surface area contributed by atoms with E-state index in [1.54, 1.807) is 11.8 Å². The maximum Gasteiger partial charge on any atom is 0.176 e. The van der Waals surface area contributed by atoms with E-state index >= 15 is 0 Å². The Labute approximate surface area is 119 Å². The summed E-state index contributed by atoms with van der Waals surface area (Å²) in [6.07, 6.45) is 4.17. The Morgan fingerprint density at radius 1 is 1.42 bits per heavy atom. The van der Waals surface area contributed by atoms with E-state index in [4.69, 9.17) is 0 Å². The number of ketones is 1. The highest BCUT2D eigenvalue weighted by Crippen LogP contribution is 2.18. The van der Waals surface area contributed by atoms with Crippen molar-refractivity contribution in [2.24, 2.45) is 5.92 Å². The van der Waals surface area contributed by atoms with Crippen molar-refractivity contribution >= 4 is 17.5 Å². The summed E-state index contributed by atoms with van der Waals surface area (Å²) in [6.45, 7) is 2.50. The number of benzene rings is 1. The standard InChI is InChI=1S/C15H21NO2S/c1-19-14-6-4-13(5-7-14)15(18)10-16-8-2-3-12(9-16)11-17/h4-7,12,17H,2-3,8-11H2,1H3. The lowest BCUT2D eigenvalue weighted by Gasteiger charge is -2.31. The molecule has 1 heterocycles. The molecule has 1 atom stereocenters. The fourth-order valence-corrected chi connectivity index (χ4v) is 2.92. The average Bonchev–Trinajstić information content (AvgIpc) is 2.47. The Kier molecular flexibility index (Phi) is 5.43. The number of thioether (sulfide) groups is 1. The Morgan fingerprint density at radius 2 is 2.16 bits per heavy atom. The molecule has 104 valence electrons. The summed E-state index contributed by atoms with van der Waals surface area (Å²) in [5, 5.41) is 9.20. The van der Waals surface area contributed by atoms with Crippen molar-refractivity contribution in [2.75, 3.05) is 32.5 Å². The largest absolute Gasteiger partial charge is 0.396 e. The molecule has 4 heteroatoms. The van der Waals surface area contributed by atoms with E-state index in [1.165, 1.54) is 4.90 Å². The first-order chi connectivity index (χ1) is 9.22. The van der Waals surface area contributed by atoms with Crippen LogP contribution in [0.4, 0.5) is 0 Å². The van der Waals surface area contributed by atoms with E-state index in [0.29, 0.717) is 12.5 Å². The van der Waals surface area contributed by atoms with Gasteiger partial charge in [0.1, 0.15) is 0 Å². The molecule has 0 aromatic heterocycles. The highest BCUT2D eigenvalue weighted by Gasteiger charge is 2.21. The predicted octanol–water partition coefficient (Wildman–Crippen LogP) is 2.30. The van der Waals surface area contributed by atoms with E-state index in [9.17, 15) is 9.90 Å². The summed E-state index contributed by atoms with van der Waals surface area (Å²) in [4.78, 5) is 15.5. The molecule has 1 unspecified atom stereocenters. The van der Waals surface area contributed by atoms with Crippen LogP contribution in [0.2, 0.25) is 0 Å². The van der Waals surface area contributed by atoms with Crippen molar-refractivity contribution in [3.8, 4) is 0 Å². The molecule has 2 rings (SSSR count). The zero-order valence-electron chi connectivity index (χ0n) is 11.3. The van der Waals surface area contributed by atoms with Crippen LogP contribution in [-0.4, -0.2) is 48.3 Å². The van der Waals surface area contributed by atoms with Gasteiger partial charge in [-0.25, -0.2) is 0 Å². The molecule has 0 radical (unpaired) electrons. The van der Waals surface area contributed by atoms with Gasteiger partial charge < -0.3 is 5.11 Å². The number of aliphatic hydroxyl groups excluding tert-OH is 1. The van der Waals surface area contributed by atoms with Crippen LogP contribution < -0.4 is 0 Å². The van der Waals surface area contributed by atoms with Gasteiger partial charge in [0.25, 0.3) is 0 Å². The molecule has 1 fully saturated rings. The first-order valence-corrected chi connectivity index (χ1v) is 7.96. The van der Waals surface area contributed by atoms with Gasteiger partial charge in [0.05, 0.1) is 6.54 Å².